The molecule has 2 bridgehead atoms. The van der Waals surface area contributed by atoms with Crippen LogP contribution in [-0.2, 0) is 25.6 Å². The van der Waals surface area contributed by atoms with Crippen LogP contribution >= 0.6 is 0 Å². The Morgan fingerprint density at radius 1 is 1.13 bits per heavy atom. The van der Waals surface area contributed by atoms with Crippen molar-refractivity contribution >= 4 is 16.1 Å². The van der Waals surface area contributed by atoms with Crippen LogP contribution in [0.1, 0.15) is 86.7 Å². The number of piperidine rings is 1. The van der Waals surface area contributed by atoms with Crippen LogP contribution in [0.5, 0.6) is 0 Å². The average Bonchev–Trinajstić information content (AvgIpc) is 3.40. The van der Waals surface area contributed by atoms with Gasteiger partial charge in [0, 0.05) is 18.6 Å². The Morgan fingerprint density at radius 2 is 1.74 bits per heavy atom. The number of carbonyl (C=O) groups excluding carboxylic acids is 1. The number of rotatable bonds is 6. The summed E-state index contributed by atoms with van der Waals surface area (Å²) in [7, 11) is -3.47. The molecule has 0 amide bonds. The summed E-state index contributed by atoms with van der Waals surface area (Å²) in [4.78, 5) is 14.9. The van der Waals surface area contributed by atoms with Gasteiger partial charge in [-0.1, -0.05) is 0 Å². The van der Waals surface area contributed by atoms with Crippen molar-refractivity contribution in [3.05, 3.63) is 34.6 Å². The summed E-state index contributed by atoms with van der Waals surface area (Å²) < 4.78 is 48.7. The third kappa shape index (κ3) is 5.46. The number of benzene rings is 1. The molecule has 1 aromatic rings. The summed E-state index contributed by atoms with van der Waals surface area (Å²) in [5, 5.41) is 0. The largest absolute Gasteiger partial charge is 0.456 e. The number of carbonyl (C=O) groups is 1. The van der Waals surface area contributed by atoms with Crippen LogP contribution in [0.15, 0.2) is 12.1 Å². The van der Waals surface area contributed by atoms with E-state index in [1.165, 1.54) is 6.07 Å². The van der Waals surface area contributed by atoms with E-state index >= 15 is 0 Å². The third-order valence-corrected chi connectivity index (χ3v) is 6.99. The smallest absolute Gasteiger partial charge is 0.341 e. The Labute approximate surface area is 184 Å². The van der Waals surface area contributed by atoms with Crippen LogP contribution < -0.4 is 0 Å². The fourth-order valence-electron chi connectivity index (χ4n) is 5.04. The second-order valence-electron chi connectivity index (χ2n) is 10.3. The number of ether oxygens (including phenoxy) is 1. The number of nitrogens with zero attached hydrogens (tertiary/aromatic N) is 1. The summed E-state index contributed by atoms with van der Waals surface area (Å²) >= 11 is 0. The number of esters is 1. The first kappa shape index (κ1) is 22.7. The van der Waals surface area contributed by atoms with Gasteiger partial charge in [-0.25, -0.2) is 9.18 Å². The highest BCUT2D eigenvalue weighted by atomic mass is 32.2. The summed E-state index contributed by atoms with van der Waals surface area (Å²) in [6.45, 7) is 5.92. The minimum absolute atomic E-state index is 0.00353. The second kappa shape index (κ2) is 8.12. The lowest BCUT2D eigenvalue weighted by molar-refractivity contribution is 0.00641. The molecular formula is C23H32FNO5S. The zero-order chi connectivity index (χ0) is 22.6. The van der Waals surface area contributed by atoms with Crippen LogP contribution in [-0.4, -0.2) is 49.3 Å². The molecule has 2 saturated heterocycles. The molecule has 8 heteroatoms. The van der Waals surface area contributed by atoms with Gasteiger partial charge in [0.25, 0.3) is 10.1 Å². The van der Waals surface area contributed by atoms with Crippen molar-refractivity contribution in [1.82, 2.24) is 4.90 Å². The lowest BCUT2D eigenvalue weighted by Crippen LogP contribution is -2.45. The highest BCUT2D eigenvalue weighted by Crippen LogP contribution is 2.44. The number of halogens is 1. The molecule has 6 nitrogen and oxygen atoms in total. The normalized spacial score (nSPS) is 26.8. The molecule has 4 rings (SSSR count). The lowest BCUT2D eigenvalue weighted by atomic mass is 9.95. The van der Waals surface area contributed by atoms with Gasteiger partial charge in [0.15, 0.2) is 0 Å². The molecule has 3 aliphatic rings. The summed E-state index contributed by atoms with van der Waals surface area (Å²) in [6.07, 6.45) is 6.22. The first-order chi connectivity index (χ1) is 14.4. The molecule has 2 aliphatic heterocycles. The maximum absolute atomic E-state index is 14.9. The highest BCUT2D eigenvalue weighted by molar-refractivity contribution is 7.86. The molecular weight excluding hydrogens is 421 g/mol. The molecule has 1 unspecified atom stereocenters. The minimum atomic E-state index is -3.47. The summed E-state index contributed by atoms with van der Waals surface area (Å²) in [5.41, 5.74) is 1.28. The standard InChI is InChI=1S/C23H32FNO5S/c1-23(2,3)29-22(26)20-12-19(14-5-6-14)15(9-21(20)24)13-25-16-7-8-17(25)11-18(10-16)30-31(4,27)28/h9,12,14,16-18H,5-8,10-11,13H2,1-4H3/t16-,17+,18?. The molecule has 1 saturated carbocycles. The molecule has 0 radical (unpaired) electrons. The highest BCUT2D eigenvalue weighted by Gasteiger charge is 2.42. The molecule has 0 N–H and O–H groups in total. The Bertz CT molecular complexity index is 953. The van der Waals surface area contributed by atoms with Gasteiger partial charge in [-0.05, 0) is 88.5 Å². The molecule has 31 heavy (non-hydrogen) atoms. The van der Waals surface area contributed by atoms with Crippen molar-refractivity contribution in [3.8, 4) is 0 Å². The first-order valence-electron chi connectivity index (χ1n) is 11.1. The Balaban J connectivity index is 1.54. The fourth-order valence-corrected chi connectivity index (χ4v) is 5.69. The SMILES string of the molecule is CC(C)(C)OC(=O)c1cc(C2CC2)c(CN2[C@@H]3CC[C@H]2CC(OS(C)(=O)=O)C3)cc1F. The van der Waals surface area contributed by atoms with Gasteiger partial charge >= 0.3 is 5.97 Å². The van der Waals surface area contributed by atoms with Crippen molar-refractivity contribution in [2.75, 3.05) is 6.26 Å². The minimum Gasteiger partial charge on any atom is -0.456 e. The van der Waals surface area contributed by atoms with Crippen molar-refractivity contribution in [2.45, 2.75) is 95.5 Å². The first-order valence-corrected chi connectivity index (χ1v) is 12.9. The van der Waals surface area contributed by atoms with Crippen LogP contribution in [0.3, 0.4) is 0 Å². The van der Waals surface area contributed by atoms with Crippen molar-refractivity contribution in [2.24, 2.45) is 0 Å². The number of hydrogen-bond donors (Lipinski definition) is 0. The van der Waals surface area contributed by atoms with Gasteiger partial charge in [-0.2, -0.15) is 8.42 Å². The van der Waals surface area contributed by atoms with E-state index < -0.39 is 27.5 Å². The van der Waals surface area contributed by atoms with Crippen LogP contribution in [0.2, 0.25) is 0 Å². The Morgan fingerprint density at radius 3 is 2.26 bits per heavy atom. The molecule has 0 aromatic heterocycles. The molecule has 172 valence electrons. The third-order valence-electron chi connectivity index (χ3n) is 6.37. The monoisotopic (exact) mass is 453 g/mol. The topological polar surface area (TPSA) is 72.9 Å². The van der Waals surface area contributed by atoms with Crippen LogP contribution in [0.4, 0.5) is 4.39 Å². The molecule has 0 spiro atoms. The van der Waals surface area contributed by atoms with E-state index in [-0.39, 0.29) is 23.8 Å². The van der Waals surface area contributed by atoms with Crippen molar-refractivity contribution in [1.29, 1.82) is 0 Å². The fraction of sp³-hybridized carbons (Fsp3) is 0.696. The van der Waals surface area contributed by atoms with Gasteiger partial charge in [0.05, 0.1) is 17.9 Å². The van der Waals surface area contributed by atoms with Gasteiger partial charge in [0.2, 0.25) is 0 Å². The summed E-state index contributed by atoms with van der Waals surface area (Å²) in [6, 6.07) is 3.65. The van der Waals surface area contributed by atoms with Crippen LogP contribution in [0.25, 0.3) is 0 Å². The van der Waals surface area contributed by atoms with E-state index in [2.05, 4.69) is 4.90 Å². The van der Waals surface area contributed by atoms with E-state index in [9.17, 15) is 17.6 Å². The molecule has 3 atom stereocenters. The lowest BCUT2D eigenvalue weighted by Gasteiger charge is -2.38. The van der Waals surface area contributed by atoms with Crippen molar-refractivity contribution in [3.63, 3.8) is 0 Å². The zero-order valence-corrected chi connectivity index (χ0v) is 19.5. The Hall–Kier alpha value is -1.51. The van der Waals surface area contributed by atoms with Gasteiger partial charge in [-0.3, -0.25) is 9.08 Å². The van der Waals surface area contributed by atoms with Crippen molar-refractivity contribution < 1.29 is 26.5 Å². The van der Waals surface area contributed by atoms with E-state index in [4.69, 9.17) is 8.92 Å². The molecule has 1 aliphatic carbocycles. The average molecular weight is 454 g/mol. The zero-order valence-electron chi connectivity index (χ0n) is 18.7. The maximum atomic E-state index is 14.9. The molecule has 3 fully saturated rings. The van der Waals surface area contributed by atoms with Gasteiger partial charge < -0.3 is 4.74 Å². The number of hydrogen-bond acceptors (Lipinski definition) is 6. The Kier molecular flexibility index (Phi) is 5.94. The predicted molar refractivity (Wildman–Crippen MR) is 115 cm³/mol. The molecule has 2 heterocycles. The number of fused-ring (bicyclic) bond motifs is 2. The summed E-state index contributed by atoms with van der Waals surface area (Å²) in [5.74, 6) is -0.811. The van der Waals surface area contributed by atoms with E-state index in [1.807, 2.05) is 0 Å². The van der Waals surface area contributed by atoms with Gasteiger partial charge in [0.1, 0.15) is 11.4 Å². The van der Waals surface area contributed by atoms with Gasteiger partial charge in [-0.15, -0.1) is 0 Å². The predicted octanol–water partition coefficient (Wildman–Crippen LogP) is 4.13. The second-order valence-corrected chi connectivity index (χ2v) is 11.9. The van der Waals surface area contributed by atoms with E-state index in [0.29, 0.717) is 25.3 Å². The quantitative estimate of drug-likeness (QED) is 0.476. The van der Waals surface area contributed by atoms with E-state index in [1.54, 1.807) is 26.8 Å². The molecule has 1 aromatic carbocycles. The maximum Gasteiger partial charge on any atom is 0.341 e. The van der Waals surface area contributed by atoms with E-state index in [0.717, 1.165) is 43.1 Å². The van der Waals surface area contributed by atoms with Crippen LogP contribution in [0, 0.1) is 5.82 Å².